The maximum absolute atomic E-state index is 15.2. The standard InChI is InChI=1S/C68H99NO4S5/c1-8-15-20-23-26-27-28-29-32-35-42-69-67(70)57-58(68(69)71)66(78-65(57)61-51(40-43-74-61)38-33-30-24-21-16-9-2)62-52(39-34-31-25-22-17-10-3)45-55(76-62)56-46-54-60(73-48-50(14-7)37-19-12-5)63-53(41-44-75-63)59(64(54)77-56)72-47-49(13-6)36-18-11-4/h40-41,43-46,49-50H,8-39,42,47-48H2,1-7H3. The van der Waals surface area contributed by atoms with Crippen LogP contribution in [0.5, 0.6) is 11.5 Å². The van der Waals surface area contributed by atoms with E-state index in [1.54, 1.807) is 38.9 Å². The largest absolute Gasteiger partial charge is 0.491 e. The number of unbranched alkanes of at least 4 members (excludes halogenated alkanes) is 21. The molecule has 0 saturated heterocycles. The summed E-state index contributed by atoms with van der Waals surface area (Å²) in [7, 11) is 0. The number of fused-ring (bicyclic) bond motifs is 3. The van der Waals surface area contributed by atoms with Crippen molar-refractivity contribution in [3.63, 3.8) is 0 Å². The molecule has 2 unspecified atom stereocenters. The van der Waals surface area contributed by atoms with Gasteiger partial charge in [-0.1, -0.05) is 209 Å². The topological polar surface area (TPSA) is 55.8 Å². The number of benzene rings is 1. The molecule has 0 spiro atoms. The Morgan fingerprint density at radius 1 is 0.436 bits per heavy atom. The third-order valence-electron chi connectivity index (χ3n) is 16.7. The Hall–Kier alpha value is -3.02. The fourth-order valence-corrected chi connectivity index (χ4v) is 17.5. The van der Waals surface area contributed by atoms with Crippen molar-refractivity contribution in [1.82, 2.24) is 4.90 Å². The highest BCUT2D eigenvalue weighted by Gasteiger charge is 2.43. The summed E-state index contributed by atoms with van der Waals surface area (Å²) < 4.78 is 16.5. The third-order valence-corrected chi connectivity index (χ3v) is 22.6. The molecule has 6 aromatic rings. The molecule has 7 rings (SSSR count). The molecule has 2 amide bonds. The Morgan fingerprint density at radius 3 is 1.46 bits per heavy atom. The summed E-state index contributed by atoms with van der Waals surface area (Å²) >= 11 is 8.94. The SMILES string of the molecule is CCCCCCCCCCCCN1C(=O)c2c(-c3sccc3CCCCCCCC)sc(-c3sc(-c4cc5c(OCC(CC)CCCC)c6sccc6c(OCC(CC)CCCC)c5s4)cc3CCCCCCCC)c2C1=O. The average Bonchev–Trinajstić information content (AvgIpc) is 4.48. The van der Waals surface area contributed by atoms with Crippen LogP contribution in [0.3, 0.4) is 0 Å². The Bertz CT molecular complexity index is 2640. The van der Waals surface area contributed by atoms with Crippen LogP contribution in [0.15, 0.2) is 35.0 Å². The molecular weight excluding hydrogens is 1060 g/mol. The van der Waals surface area contributed by atoms with Gasteiger partial charge in [-0.25, -0.2) is 0 Å². The minimum atomic E-state index is -0.0860. The number of ether oxygens (including phenoxy) is 2. The molecule has 5 nitrogen and oxygen atoms in total. The number of aryl methyl sites for hydroxylation is 2. The van der Waals surface area contributed by atoms with Crippen LogP contribution in [0.25, 0.3) is 49.4 Å². The normalized spacial score (nSPS) is 13.5. The van der Waals surface area contributed by atoms with Crippen molar-refractivity contribution >= 4 is 88.7 Å². The van der Waals surface area contributed by atoms with E-state index in [2.05, 4.69) is 83.5 Å². The second-order valence-electron chi connectivity index (χ2n) is 22.9. The molecule has 0 fully saturated rings. The van der Waals surface area contributed by atoms with Gasteiger partial charge in [0.15, 0.2) is 0 Å². The summed E-state index contributed by atoms with van der Waals surface area (Å²) in [4.78, 5) is 38.6. The summed E-state index contributed by atoms with van der Waals surface area (Å²) in [5.41, 5.74) is 3.96. The van der Waals surface area contributed by atoms with Gasteiger partial charge in [-0.05, 0) is 103 Å². The quantitative estimate of drug-likeness (QED) is 0.0283. The summed E-state index contributed by atoms with van der Waals surface area (Å²) in [5, 5.41) is 6.74. The van der Waals surface area contributed by atoms with Crippen molar-refractivity contribution in [2.45, 2.75) is 254 Å². The lowest BCUT2D eigenvalue weighted by molar-refractivity contribution is 0.0651. The Morgan fingerprint density at radius 2 is 0.910 bits per heavy atom. The van der Waals surface area contributed by atoms with Gasteiger partial charge in [-0.3, -0.25) is 14.5 Å². The highest BCUT2D eigenvalue weighted by atomic mass is 32.1. The van der Waals surface area contributed by atoms with E-state index in [1.165, 1.54) is 188 Å². The Labute approximate surface area is 492 Å². The van der Waals surface area contributed by atoms with Crippen LogP contribution in [-0.4, -0.2) is 36.5 Å². The van der Waals surface area contributed by atoms with Crippen molar-refractivity contribution in [3.8, 4) is 40.8 Å². The molecule has 0 saturated carbocycles. The number of amides is 2. The van der Waals surface area contributed by atoms with E-state index in [9.17, 15) is 0 Å². The number of rotatable bonds is 42. The predicted octanol–water partition coefficient (Wildman–Crippen LogP) is 23.8. The number of carbonyl (C=O) groups excluding carboxylic acids is 2. The van der Waals surface area contributed by atoms with Crippen molar-refractivity contribution in [1.29, 1.82) is 0 Å². The average molecular weight is 1150 g/mol. The fourth-order valence-electron chi connectivity index (χ4n) is 11.6. The Balaban J connectivity index is 1.30. The van der Waals surface area contributed by atoms with Gasteiger partial charge in [0.2, 0.25) is 0 Å². The monoisotopic (exact) mass is 1150 g/mol. The van der Waals surface area contributed by atoms with Crippen LogP contribution in [-0.2, 0) is 12.8 Å². The van der Waals surface area contributed by atoms with Crippen molar-refractivity contribution in [2.75, 3.05) is 19.8 Å². The van der Waals surface area contributed by atoms with E-state index in [4.69, 9.17) is 9.47 Å². The third kappa shape index (κ3) is 16.6. The van der Waals surface area contributed by atoms with Crippen LogP contribution in [0.2, 0.25) is 0 Å². The second-order valence-corrected chi connectivity index (χ2v) is 27.8. The first-order chi connectivity index (χ1) is 38.3. The maximum Gasteiger partial charge on any atom is 0.263 e. The fraction of sp³-hybridized carbons (Fsp3) is 0.647. The van der Waals surface area contributed by atoms with Gasteiger partial charge in [0, 0.05) is 36.8 Å². The van der Waals surface area contributed by atoms with E-state index in [0.717, 1.165) is 89.8 Å². The molecule has 1 aliphatic heterocycles. The van der Waals surface area contributed by atoms with E-state index in [0.29, 0.717) is 42.7 Å². The summed E-state index contributed by atoms with van der Waals surface area (Å²) in [6, 6.07) is 9.40. The second kappa shape index (κ2) is 33.8. The van der Waals surface area contributed by atoms with Gasteiger partial charge in [-0.15, -0.1) is 56.7 Å². The van der Waals surface area contributed by atoms with E-state index >= 15 is 9.59 Å². The number of hydrogen-bond acceptors (Lipinski definition) is 9. The van der Waals surface area contributed by atoms with E-state index < -0.39 is 0 Å². The number of carbonyl (C=O) groups is 2. The number of nitrogens with zero attached hydrogens (tertiary/aromatic N) is 1. The van der Waals surface area contributed by atoms with Crippen molar-refractivity contribution in [3.05, 3.63) is 57.3 Å². The number of hydrogen-bond donors (Lipinski definition) is 0. The zero-order valence-corrected chi connectivity index (χ0v) is 53.6. The highest BCUT2D eigenvalue weighted by Crippen LogP contribution is 2.55. The lowest BCUT2D eigenvalue weighted by atomic mass is 10.0. The lowest BCUT2D eigenvalue weighted by Crippen LogP contribution is -2.31. The molecule has 0 radical (unpaired) electrons. The lowest BCUT2D eigenvalue weighted by Gasteiger charge is -2.19. The summed E-state index contributed by atoms with van der Waals surface area (Å²) in [6.45, 7) is 17.9. The van der Waals surface area contributed by atoms with Gasteiger partial charge >= 0.3 is 0 Å². The van der Waals surface area contributed by atoms with Crippen LogP contribution in [0.1, 0.15) is 273 Å². The molecule has 0 bridgehead atoms. The number of imide groups is 1. The molecule has 2 atom stereocenters. The van der Waals surface area contributed by atoms with Gasteiger partial charge in [0.05, 0.1) is 43.5 Å². The molecule has 0 N–H and O–H groups in total. The van der Waals surface area contributed by atoms with Gasteiger partial charge in [0.1, 0.15) is 11.5 Å². The zero-order valence-electron chi connectivity index (χ0n) is 49.5. The summed E-state index contributed by atoms with van der Waals surface area (Å²) in [5.74, 6) is 2.86. The molecule has 6 heterocycles. The smallest absolute Gasteiger partial charge is 0.263 e. The first-order valence-corrected chi connectivity index (χ1v) is 36.0. The first kappa shape index (κ1) is 62.6. The van der Waals surface area contributed by atoms with Crippen LogP contribution in [0.4, 0.5) is 0 Å². The molecule has 1 aromatic carbocycles. The van der Waals surface area contributed by atoms with E-state index in [-0.39, 0.29) is 11.8 Å². The minimum absolute atomic E-state index is 0.0823. The predicted molar refractivity (Wildman–Crippen MR) is 346 cm³/mol. The van der Waals surface area contributed by atoms with Crippen LogP contribution in [0, 0.1) is 11.8 Å². The molecule has 1 aliphatic rings. The van der Waals surface area contributed by atoms with Gasteiger partial charge in [0.25, 0.3) is 11.8 Å². The van der Waals surface area contributed by atoms with Crippen LogP contribution >= 0.6 is 56.7 Å². The molecule has 78 heavy (non-hydrogen) atoms. The number of thiophene rings is 5. The first-order valence-electron chi connectivity index (χ1n) is 31.8. The van der Waals surface area contributed by atoms with Crippen molar-refractivity contribution < 1.29 is 19.1 Å². The van der Waals surface area contributed by atoms with Gasteiger partial charge in [-0.2, -0.15) is 0 Å². The highest BCUT2D eigenvalue weighted by molar-refractivity contribution is 7.30. The molecule has 10 heteroatoms. The van der Waals surface area contributed by atoms with Crippen LogP contribution < -0.4 is 9.47 Å². The Kier molecular flexibility index (Phi) is 27.1. The maximum atomic E-state index is 15.2. The molecule has 430 valence electrons. The van der Waals surface area contributed by atoms with E-state index in [1.807, 2.05) is 22.7 Å². The van der Waals surface area contributed by atoms with Crippen molar-refractivity contribution in [2.24, 2.45) is 11.8 Å². The minimum Gasteiger partial charge on any atom is -0.491 e. The zero-order chi connectivity index (χ0) is 55.1. The molecular formula is C68H99NO4S5. The molecule has 0 aliphatic carbocycles. The van der Waals surface area contributed by atoms with Gasteiger partial charge < -0.3 is 9.47 Å². The summed E-state index contributed by atoms with van der Waals surface area (Å²) in [6.07, 6.45) is 38.4. The molecule has 5 aromatic heterocycles.